The molecule has 0 saturated carbocycles. The first kappa shape index (κ1) is 11.7. The SMILES string of the molecule is CC1(C)CCCc2sc(-c3ccccc3O)nc21. The van der Waals surface area contributed by atoms with Crippen molar-refractivity contribution in [2.75, 3.05) is 0 Å². The molecule has 1 heterocycles. The third-order valence-electron chi connectivity index (χ3n) is 3.68. The number of thiazole rings is 1. The molecule has 3 rings (SSSR count). The quantitative estimate of drug-likeness (QED) is 0.835. The molecule has 0 radical (unpaired) electrons. The predicted octanol–water partition coefficient (Wildman–Crippen LogP) is 4.13. The molecule has 1 aromatic carbocycles. The van der Waals surface area contributed by atoms with Crippen molar-refractivity contribution >= 4 is 11.3 Å². The smallest absolute Gasteiger partial charge is 0.127 e. The molecule has 3 heteroatoms. The number of para-hydroxylation sites is 1. The largest absolute Gasteiger partial charge is 0.507 e. The van der Waals surface area contributed by atoms with Gasteiger partial charge in [0, 0.05) is 10.3 Å². The number of aromatic hydroxyl groups is 1. The number of benzene rings is 1. The maximum Gasteiger partial charge on any atom is 0.127 e. The highest BCUT2D eigenvalue weighted by atomic mass is 32.1. The number of phenolic OH excluding ortho intramolecular Hbond substituents is 1. The average Bonchev–Trinajstić information content (AvgIpc) is 2.74. The molecule has 2 nitrogen and oxygen atoms in total. The Morgan fingerprint density at radius 2 is 2.06 bits per heavy atom. The van der Waals surface area contributed by atoms with Gasteiger partial charge in [-0.25, -0.2) is 4.98 Å². The molecule has 0 bridgehead atoms. The van der Waals surface area contributed by atoms with Crippen LogP contribution in [0.4, 0.5) is 0 Å². The Balaban J connectivity index is 2.12. The molecular formula is C15H17NOS. The molecule has 94 valence electrons. The fourth-order valence-corrected chi connectivity index (χ4v) is 3.95. The van der Waals surface area contributed by atoms with Crippen LogP contribution in [-0.4, -0.2) is 10.1 Å². The van der Waals surface area contributed by atoms with Crippen molar-refractivity contribution in [2.45, 2.75) is 38.5 Å². The topological polar surface area (TPSA) is 33.1 Å². The molecule has 0 spiro atoms. The van der Waals surface area contributed by atoms with E-state index >= 15 is 0 Å². The zero-order valence-corrected chi connectivity index (χ0v) is 11.5. The Labute approximate surface area is 111 Å². The van der Waals surface area contributed by atoms with Gasteiger partial charge in [-0.05, 0) is 31.4 Å². The van der Waals surface area contributed by atoms with E-state index in [1.807, 2.05) is 18.2 Å². The molecule has 1 aliphatic carbocycles. The highest BCUT2D eigenvalue weighted by Crippen LogP contribution is 2.42. The molecule has 0 amide bonds. The lowest BCUT2D eigenvalue weighted by atomic mass is 9.79. The number of hydrogen-bond donors (Lipinski definition) is 1. The molecule has 1 aromatic heterocycles. The van der Waals surface area contributed by atoms with Gasteiger partial charge in [0.15, 0.2) is 0 Å². The zero-order valence-electron chi connectivity index (χ0n) is 10.7. The standard InChI is InChI=1S/C15H17NOS/c1-15(2)9-5-8-12-13(15)16-14(18-12)10-6-3-4-7-11(10)17/h3-4,6-7,17H,5,8-9H2,1-2H3. The van der Waals surface area contributed by atoms with E-state index in [4.69, 9.17) is 4.98 Å². The summed E-state index contributed by atoms with van der Waals surface area (Å²) >= 11 is 1.73. The molecule has 1 aliphatic rings. The summed E-state index contributed by atoms with van der Waals surface area (Å²) in [5, 5.41) is 10.9. The highest BCUT2D eigenvalue weighted by Gasteiger charge is 2.31. The van der Waals surface area contributed by atoms with Gasteiger partial charge in [0.2, 0.25) is 0 Å². The van der Waals surface area contributed by atoms with Crippen LogP contribution < -0.4 is 0 Å². The van der Waals surface area contributed by atoms with Crippen LogP contribution in [-0.2, 0) is 11.8 Å². The van der Waals surface area contributed by atoms with Crippen molar-refractivity contribution in [3.05, 3.63) is 34.8 Å². The number of hydrogen-bond acceptors (Lipinski definition) is 3. The summed E-state index contributed by atoms with van der Waals surface area (Å²) < 4.78 is 0. The normalized spacial score (nSPS) is 17.4. The van der Waals surface area contributed by atoms with E-state index in [9.17, 15) is 5.11 Å². The number of fused-ring (bicyclic) bond motifs is 1. The summed E-state index contributed by atoms with van der Waals surface area (Å²) in [5.41, 5.74) is 2.26. The third-order valence-corrected chi connectivity index (χ3v) is 4.83. The minimum atomic E-state index is 0.173. The van der Waals surface area contributed by atoms with Gasteiger partial charge in [-0.3, -0.25) is 0 Å². The Kier molecular flexibility index (Phi) is 2.67. The molecule has 2 aromatic rings. The molecule has 0 saturated heterocycles. The van der Waals surface area contributed by atoms with Gasteiger partial charge in [-0.2, -0.15) is 0 Å². The summed E-state index contributed by atoms with van der Waals surface area (Å²) in [6.07, 6.45) is 3.57. The zero-order chi connectivity index (χ0) is 12.8. The van der Waals surface area contributed by atoms with Crippen LogP contribution in [0.5, 0.6) is 5.75 Å². The second-order valence-electron chi connectivity index (χ2n) is 5.55. The van der Waals surface area contributed by atoms with Gasteiger partial charge in [0.05, 0.1) is 11.3 Å². The third kappa shape index (κ3) is 1.83. The Hall–Kier alpha value is -1.35. The van der Waals surface area contributed by atoms with Gasteiger partial charge in [0.1, 0.15) is 10.8 Å². The summed E-state index contributed by atoms with van der Waals surface area (Å²) in [5.74, 6) is 0.321. The van der Waals surface area contributed by atoms with Gasteiger partial charge >= 0.3 is 0 Å². The lowest BCUT2D eigenvalue weighted by Crippen LogP contribution is -2.23. The van der Waals surface area contributed by atoms with Gasteiger partial charge in [-0.15, -0.1) is 11.3 Å². The van der Waals surface area contributed by atoms with E-state index in [1.54, 1.807) is 17.4 Å². The Morgan fingerprint density at radius 1 is 1.28 bits per heavy atom. The van der Waals surface area contributed by atoms with Crippen LogP contribution in [0.25, 0.3) is 10.6 Å². The molecule has 0 atom stereocenters. The number of rotatable bonds is 1. The minimum Gasteiger partial charge on any atom is -0.507 e. The number of nitrogens with zero attached hydrogens (tertiary/aromatic N) is 1. The van der Waals surface area contributed by atoms with Crippen LogP contribution in [0.2, 0.25) is 0 Å². The molecule has 0 fully saturated rings. The van der Waals surface area contributed by atoms with E-state index in [-0.39, 0.29) is 5.41 Å². The Morgan fingerprint density at radius 3 is 2.78 bits per heavy atom. The van der Waals surface area contributed by atoms with Gasteiger partial charge in [0.25, 0.3) is 0 Å². The van der Waals surface area contributed by atoms with Crippen molar-refractivity contribution in [1.82, 2.24) is 4.98 Å². The summed E-state index contributed by atoms with van der Waals surface area (Å²) in [6, 6.07) is 7.45. The molecular weight excluding hydrogens is 242 g/mol. The maximum absolute atomic E-state index is 9.92. The first-order valence-corrected chi connectivity index (χ1v) is 7.18. The Bertz CT molecular complexity index is 586. The molecule has 1 N–H and O–H groups in total. The van der Waals surface area contributed by atoms with Crippen LogP contribution in [0.3, 0.4) is 0 Å². The van der Waals surface area contributed by atoms with Crippen molar-refractivity contribution in [1.29, 1.82) is 0 Å². The lowest BCUT2D eigenvalue weighted by Gasteiger charge is -2.28. The van der Waals surface area contributed by atoms with Crippen LogP contribution in [0.1, 0.15) is 37.3 Å². The second kappa shape index (κ2) is 4.09. The van der Waals surface area contributed by atoms with Crippen LogP contribution in [0, 0.1) is 0 Å². The molecule has 18 heavy (non-hydrogen) atoms. The first-order valence-electron chi connectivity index (χ1n) is 6.36. The van der Waals surface area contributed by atoms with E-state index < -0.39 is 0 Å². The highest BCUT2D eigenvalue weighted by molar-refractivity contribution is 7.15. The van der Waals surface area contributed by atoms with Crippen molar-refractivity contribution in [3.8, 4) is 16.3 Å². The molecule has 0 unspecified atom stereocenters. The fraction of sp³-hybridized carbons (Fsp3) is 0.400. The second-order valence-corrected chi connectivity index (χ2v) is 6.63. The predicted molar refractivity (Wildman–Crippen MR) is 75.2 cm³/mol. The van der Waals surface area contributed by atoms with Crippen molar-refractivity contribution < 1.29 is 5.11 Å². The van der Waals surface area contributed by atoms with E-state index in [0.29, 0.717) is 5.75 Å². The van der Waals surface area contributed by atoms with E-state index in [2.05, 4.69) is 13.8 Å². The van der Waals surface area contributed by atoms with Gasteiger partial charge in [-0.1, -0.05) is 26.0 Å². The number of aryl methyl sites for hydroxylation is 1. The average molecular weight is 259 g/mol. The lowest BCUT2D eigenvalue weighted by molar-refractivity contribution is 0.424. The number of phenols is 1. The van der Waals surface area contributed by atoms with E-state index in [0.717, 1.165) is 17.0 Å². The van der Waals surface area contributed by atoms with Gasteiger partial charge < -0.3 is 5.11 Å². The fourth-order valence-electron chi connectivity index (χ4n) is 2.63. The van der Waals surface area contributed by atoms with Crippen LogP contribution >= 0.6 is 11.3 Å². The van der Waals surface area contributed by atoms with Crippen molar-refractivity contribution in [3.63, 3.8) is 0 Å². The summed E-state index contributed by atoms with van der Waals surface area (Å²) in [4.78, 5) is 6.19. The summed E-state index contributed by atoms with van der Waals surface area (Å²) in [7, 11) is 0. The summed E-state index contributed by atoms with van der Waals surface area (Å²) in [6.45, 7) is 4.53. The van der Waals surface area contributed by atoms with Crippen molar-refractivity contribution in [2.24, 2.45) is 0 Å². The monoisotopic (exact) mass is 259 g/mol. The van der Waals surface area contributed by atoms with E-state index in [1.165, 1.54) is 23.4 Å². The van der Waals surface area contributed by atoms with Crippen LogP contribution in [0.15, 0.2) is 24.3 Å². The molecule has 0 aliphatic heterocycles. The first-order chi connectivity index (χ1) is 8.58. The number of aromatic nitrogens is 1. The maximum atomic E-state index is 9.92. The minimum absolute atomic E-state index is 0.173.